The first-order valence-electron chi connectivity index (χ1n) is 6.42. The summed E-state index contributed by atoms with van der Waals surface area (Å²) in [5.41, 5.74) is 2.85. The van der Waals surface area contributed by atoms with Gasteiger partial charge in [0.15, 0.2) is 0 Å². The maximum Gasteiger partial charge on any atom is 0.0414 e. The zero-order valence-electron chi connectivity index (χ0n) is 10.4. The molecular weight excluding hydrogens is 196 g/mol. The van der Waals surface area contributed by atoms with E-state index in [2.05, 4.69) is 48.3 Å². The largest absolute Gasteiger partial charge is 0.369 e. The molecular formula is C14H22N2. The van der Waals surface area contributed by atoms with Crippen molar-refractivity contribution < 1.29 is 0 Å². The molecule has 1 aliphatic carbocycles. The summed E-state index contributed by atoms with van der Waals surface area (Å²) < 4.78 is 0. The number of anilines is 1. The van der Waals surface area contributed by atoms with Gasteiger partial charge in [-0.2, -0.15) is 0 Å². The van der Waals surface area contributed by atoms with Crippen molar-refractivity contribution in [2.45, 2.75) is 39.3 Å². The molecule has 0 amide bonds. The van der Waals surface area contributed by atoms with E-state index in [0.29, 0.717) is 0 Å². The highest BCUT2D eigenvalue weighted by Crippen LogP contribution is 2.33. The second kappa shape index (κ2) is 5.35. The van der Waals surface area contributed by atoms with Gasteiger partial charge in [0, 0.05) is 24.8 Å². The highest BCUT2D eigenvalue weighted by atomic mass is 15.2. The lowest BCUT2D eigenvalue weighted by molar-refractivity contribution is 0.718. The Labute approximate surface area is 98.7 Å². The van der Waals surface area contributed by atoms with E-state index in [1.54, 1.807) is 0 Å². The van der Waals surface area contributed by atoms with Crippen LogP contribution in [0.25, 0.3) is 0 Å². The van der Waals surface area contributed by atoms with Crippen molar-refractivity contribution >= 4 is 5.69 Å². The maximum absolute atomic E-state index is 3.42. The molecule has 1 aromatic rings. The van der Waals surface area contributed by atoms with E-state index in [4.69, 9.17) is 0 Å². The van der Waals surface area contributed by atoms with Crippen molar-refractivity contribution in [3.63, 3.8) is 0 Å². The average Bonchev–Trinajstić information content (AvgIpc) is 3.13. The second-order valence-electron chi connectivity index (χ2n) is 4.43. The van der Waals surface area contributed by atoms with Gasteiger partial charge in [0.25, 0.3) is 0 Å². The number of hydrogen-bond acceptors (Lipinski definition) is 2. The van der Waals surface area contributed by atoms with Gasteiger partial charge in [-0.1, -0.05) is 25.1 Å². The van der Waals surface area contributed by atoms with Gasteiger partial charge in [-0.05, 0) is 37.9 Å². The second-order valence-corrected chi connectivity index (χ2v) is 4.43. The van der Waals surface area contributed by atoms with E-state index < -0.39 is 0 Å². The van der Waals surface area contributed by atoms with Crippen LogP contribution >= 0.6 is 0 Å². The first kappa shape index (κ1) is 11.5. The van der Waals surface area contributed by atoms with Crippen LogP contribution in [0.4, 0.5) is 5.69 Å². The Hall–Kier alpha value is -1.02. The maximum atomic E-state index is 3.42. The van der Waals surface area contributed by atoms with Crippen molar-refractivity contribution in [1.29, 1.82) is 0 Å². The molecule has 88 valence electrons. The van der Waals surface area contributed by atoms with E-state index in [-0.39, 0.29) is 0 Å². The first-order chi connectivity index (χ1) is 7.86. The monoisotopic (exact) mass is 218 g/mol. The molecule has 16 heavy (non-hydrogen) atoms. The zero-order chi connectivity index (χ0) is 11.4. The Morgan fingerprint density at radius 2 is 2.00 bits per heavy atom. The fourth-order valence-electron chi connectivity index (χ4n) is 2.21. The van der Waals surface area contributed by atoms with Crippen LogP contribution in [0.3, 0.4) is 0 Å². The molecule has 1 N–H and O–H groups in total. The third kappa shape index (κ3) is 2.56. The van der Waals surface area contributed by atoms with Crippen LogP contribution in [0.2, 0.25) is 0 Å². The minimum atomic E-state index is 0.799. The highest BCUT2D eigenvalue weighted by Gasteiger charge is 2.28. The van der Waals surface area contributed by atoms with Gasteiger partial charge < -0.3 is 10.2 Å². The van der Waals surface area contributed by atoms with Gasteiger partial charge >= 0.3 is 0 Å². The van der Waals surface area contributed by atoms with Gasteiger partial charge in [-0.3, -0.25) is 0 Å². The lowest BCUT2D eigenvalue weighted by Crippen LogP contribution is -2.27. The van der Waals surface area contributed by atoms with E-state index in [9.17, 15) is 0 Å². The Balaban J connectivity index is 2.16. The smallest absolute Gasteiger partial charge is 0.0414 e. The van der Waals surface area contributed by atoms with Gasteiger partial charge in [0.05, 0.1) is 0 Å². The number of nitrogens with one attached hydrogen (secondary N) is 1. The van der Waals surface area contributed by atoms with Crippen molar-refractivity contribution in [2.24, 2.45) is 0 Å². The average molecular weight is 218 g/mol. The fraction of sp³-hybridized carbons (Fsp3) is 0.571. The fourth-order valence-corrected chi connectivity index (χ4v) is 2.21. The first-order valence-corrected chi connectivity index (χ1v) is 6.42. The predicted octanol–water partition coefficient (Wildman–Crippen LogP) is 2.78. The quantitative estimate of drug-likeness (QED) is 0.790. The van der Waals surface area contributed by atoms with Crippen molar-refractivity contribution in [1.82, 2.24) is 5.32 Å². The highest BCUT2D eigenvalue weighted by molar-refractivity contribution is 5.55. The summed E-state index contributed by atoms with van der Waals surface area (Å²) in [6, 6.07) is 9.58. The number of rotatable bonds is 6. The molecule has 0 spiro atoms. The van der Waals surface area contributed by atoms with E-state index in [1.807, 2.05) is 0 Å². The SMILES string of the molecule is CCNCc1ccccc1N(CC)C1CC1. The van der Waals surface area contributed by atoms with Crippen LogP contribution in [0.1, 0.15) is 32.3 Å². The summed E-state index contributed by atoms with van der Waals surface area (Å²) >= 11 is 0. The molecule has 0 radical (unpaired) electrons. The van der Waals surface area contributed by atoms with Crippen molar-refractivity contribution in [3.05, 3.63) is 29.8 Å². The van der Waals surface area contributed by atoms with Crippen LogP contribution in [-0.4, -0.2) is 19.1 Å². The van der Waals surface area contributed by atoms with Crippen molar-refractivity contribution in [2.75, 3.05) is 18.0 Å². The lowest BCUT2D eigenvalue weighted by atomic mass is 10.1. The molecule has 2 heteroatoms. The van der Waals surface area contributed by atoms with Gasteiger partial charge in [0.2, 0.25) is 0 Å². The molecule has 2 rings (SSSR count). The minimum absolute atomic E-state index is 0.799. The van der Waals surface area contributed by atoms with Crippen LogP contribution in [-0.2, 0) is 6.54 Å². The standard InChI is InChI=1S/C14H22N2/c1-3-15-11-12-7-5-6-8-14(12)16(4-2)13-9-10-13/h5-8,13,15H,3-4,9-11H2,1-2H3. The summed E-state index contributed by atoms with van der Waals surface area (Å²) in [4.78, 5) is 2.55. The van der Waals surface area contributed by atoms with Gasteiger partial charge in [-0.25, -0.2) is 0 Å². The Kier molecular flexibility index (Phi) is 3.83. The molecule has 1 fully saturated rings. The van der Waals surface area contributed by atoms with E-state index in [1.165, 1.54) is 24.1 Å². The summed E-state index contributed by atoms with van der Waals surface area (Å²) in [5.74, 6) is 0. The van der Waals surface area contributed by atoms with Gasteiger partial charge in [-0.15, -0.1) is 0 Å². The predicted molar refractivity (Wildman–Crippen MR) is 69.9 cm³/mol. The molecule has 0 unspecified atom stereocenters. The molecule has 0 aromatic heterocycles. The van der Waals surface area contributed by atoms with Crippen LogP contribution in [0.5, 0.6) is 0 Å². The zero-order valence-corrected chi connectivity index (χ0v) is 10.4. The Morgan fingerprint density at radius 3 is 2.62 bits per heavy atom. The summed E-state index contributed by atoms with van der Waals surface area (Å²) in [6.07, 6.45) is 2.73. The summed E-state index contributed by atoms with van der Waals surface area (Å²) in [7, 11) is 0. The molecule has 1 saturated carbocycles. The van der Waals surface area contributed by atoms with Crippen LogP contribution in [0, 0.1) is 0 Å². The third-order valence-electron chi connectivity index (χ3n) is 3.19. The van der Waals surface area contributed by atoms with E-state index >= 15 is 0 Å². The van der Waals surface area contributed by atoms with Gasteiger partial charge in [0.1, 0.15) is 0 Å². The Bertz CT molecular complexity index is 331. The molecule has 0 aliphatic heterocycles. The van der Waals surface area contributed by atoms with Crippen molar-refractivity contribution in [3.8, 4) is 0 Å². The topological polar surface area (TPSA) is 15.3 Å². The molecule has 0 bridgehead atoms. The summed E-state index contributed by atoms with van der Waals surface area (Å²) in [5, 5.41) is 3.42. The third-order valence-corrected chi connectivity index (χ3v) is 3.19. The lowest BCUT2D eigenvalue weighted by Gasteiger charge is -2.25. The molecule has 0 atom stereocenters. The molecule has 2 nitrogen and oxygen atoms in total. The molecule has 0 heterocycles. The minimum Gasteiger partial charge on any atom is -0.369 e. The number of benzene rings is 1. The molecule has 0 saturated heterocycles. The Morgan fingerprint density at radius 1 is 1.25 bits per heavy atom. The number of nitrogens with zero attached hydrogens (tertiary/aromatic N) is 1. The number of para-hydroxylation sites is 1. The van der Waals surface area contributed by atoms with Crippen LogP contribution in [0.15, 0.2) is 24.3 Å². The van der Waals surface area contributed by atoms with E-state index in [0.717, 1.165) is 25.7 Å². The normalized spacial score (nSPS) is 15.1. The van der Waals surface area contributed by atoms with Crippen LogP contribution < -0.4 is 10.2 Å². The molecule has 1 aliphatic rings. The summed E-state index contributed by atoms with van der Waals surface area (Å²) in [6.45, 7) is 7.54. The molecule has 1 aromatic carbocycles. The number of hydrogen-bond donors (Lipinski definition) is 1.